The molecule has 8 nitrogen and oxygen atoms in total. The number of fused-ring (bicyclic) bond motifs is 3. The second-order valence-electron chi connectivity index (χ2n) is 11.2. The maximum atomic E-state index is 13.3. The molecule has 2 aromatic rings. The first-order valence-electron chi connectivity index (χ1n) is 13.4. The molecule has 1 saturated carbocycles. The number of nitrogens with one attached hydrogen (secondary N) is 1. The van der Waals surface area contributed by atoms with Gasteiger partial charge in [0.2, 0.25) is 0 Å². The Balaban J connectivity index is 1.32. The molecule has 2 aliphatic carbocycles. The van der Waals surface area contributed by atoms with Crippen molar-refractivity contribution in [1.82, 2.24) is 10.2 Å². The van der Waals surface area contributed by atoms with Crippen molar-refractivity contribution >= 4 is 18.2 Å². The number of ether oxygens (including phenoxy) is 2. The van der Waals surface area contributed by atoms with E-state index < -0.39 is 23.8 Å². The molecule has 0 heterocycles. The largest absolute Gasteiger partial charge is 0.481 e. The van der Waals surface area contributed by atoms with Crippen LogP contribution in [-0.2, 0) is 14.3 Å². The summed E-state index contributed by atoms with van der Waals surface area (Å²) in [6.07, 6.45) is 1.95. The van der Waals surface area contributed by atoms with Crippen LogP contribution in [0.15, 0.2) is 48.5 Å². The number of nitrogens with zero attached hydrogens (tertiary/aromatic N) is 1. The third-order valence-corrected chi connectivity index (χ3v) is 7.23. The first-order chi connectivity index (χ1) is 18.1. The molecule has 204 valence electrons. The minimum absolute atomic E-state index is 0.00309. The van der Waals surface area contributed by atoms with Crippen LogP contribution in [-0.4, -0.2) is 59.5 Å². The van der Waals surface area contributed by atoms with Crippen LogP contribution in [0.1, 0.15) is 69.9 Å². The molecule has 0 spiro atoms. The van der Waals surface area contributed by atoms with Gasteiger partial charge in [0.15, 0.2) is 0 Å². The summed E-state index contributed by atoms with van der Waals surface area (Å²) >= 11 is 0. The monoisotopic (exact) mass is 522 g/mol. The van der Waals surface area contributed by atoms with Crippen LogP contribution in [0.2, 0.25) is 0 Å². The predicted octanol–water partition coefficient (Wildman–Crippen LogP) is 5.80. The molecule has 0 aliphatic heterocycles. The van der Waals surface area contributed by atoms with Gasteiger partial charge >= 0.3 is 18.2 Å². The molecule has 0 unspecified atom stereocenters. The summed E-state index contributed by atoms with van der Waals surface area (Å²) in [5.74, 6) is -0.532. The average molecular weight is 523 g/mol. The number of benzene rings is 2. The quantitative estimate of drug-likeness (QED) is 0.409. The molecule has 4 rings (SSSR count). The lowest BCUT2D eigenvalue weighted by atomic mass is 9.77. The molecular formula is C30H38N2O6. The fourth-order valence-electron chi connectivity index (χ4n) is 5.38. The van der Waals surface area contributed by atoms with Gasteiger partial charge in [-0.15, -0.1) is 0 Å². The van der Waals surface area contributed by atoms with Crippen LogP contribution < -0.4 is 5.32 Å². The van der Waals surface area contributed by atoms with Gasteiger partial charge in [-0.05, 0) is 74.6 Å². The van der Waals surface area contributed by atoms with Crippen LogP contribution in [0.25, 0.3) is 11.1 Å². The number of amides is 2. The number of carbonyl (C=O) groups is 3. The minimum atomic E-state index is -0.878. The smallest absolute Gasteiger partial charge is 0.410 e. The molecule has 0 saturated heterocycles. The SMILES string of the molecule is CC(C)(C)OC(=O)NCCC1CC(N(CCCC(=O)O)C(=O)OCC2c3ccccc3-c3ccccc32)C1. The molecule has 0 aromatic heterocycles. The Morgan fingerprint density at radius 2 is 1.61 bits per heavy atom. The Morgan fingerprint density at radius 3 is 2.18 bits per heavy atom. The van der Waals surface area contributed by atoms with Gasteiger partial charge < -0.3 is 24.8 Å². The first-order valence-corrected chi connectivity index (χ1v) is 13.4. The third-order valence-electron chi connectivity index (χ3n) is 7.23. The van der Waals surface area contributed by atoms with E-state index in [4.69, 9.17) is 14.6 Å². The molecule has 0 radical (unpaired) electrons. The Morgan fingerprint density at radius 1 is 1.00 bits per heavy atom. The number of carbonyl (C=O) groups excluding carboxylic acids is 2. The molecule has 38 heavy (non-hydrogen) atoms. The van der Waals surface area contributed by atoms with Crippen molar-refractivity contribution < 1.29 is 29.0 Å². The highest BCUT2D eigenvalue weighted by molar-refractivity contribution is 5.79. The predicted molar refractivity (Wildman–Crippen MR) is 144 cm³/mol. The molecule has 2 aliphatic rings. The summed E-state index contributed by atoms with van der Waals surface area (Å²) in [5.41, 5.74) is 4.11. The van der Waals surface area contributed by atoms with E-state index in [1.807, 2.05) is 45.0 Å². The van der Waals surface area contributed by atoms with Crippen LogP contribution in [0.3, 0.4) is 0 Å². The van der Waals surface area contributed by atoms with Gasteiger partial charge in [0, 0.05) is 31.5 Å². The molecule has 0 bridgehead atoms. The van der Waals surface area contributed by atoms with Gasteiger partial charge in [0.25, 0.3) is 0 Å². The lowest BCUT2D eigenvalue weighted by Crippen LogP contribution is -2.49. The van der Waals surface area contributed by atoms with E-state index in [0.717, 1.165) is 30.4 Å². The van der Waals surface area contributed by atoms with E-state index in [9.17, 15) is 14.4 Å². The Bertz CT molecular complexity index is 1110. The second kappa shape index (κ2) is 11.9. The van der Waals surface area contributed by atoms with E-state index in [1.54, 1.807) is 4.90 Å². The number of hydrogen-bond donors (Lipinski definition) is 2. The molecule has 8 heteroatoms. The van der Waals surface area contributed by atoms with Crippen LogP contribution in [0.4, 0.5) is 9.59 Å². The van der Waals surface area contributed by atoms with Gasteiger partial charge in [-0.3, -0.25) is 4.79 Å². The summed E-state index contributed by atoms with van der Waals surface area (Å²) in [6.45, 7) is 6.56. The average Bonchev–Trinajstić information content (AvgIpc) is 3.15. The van der Waals surface area contributed by atoms with Crippen LogP contribution in [0.5, 0.6) is 0 Å². The van der Waals surface area contributed by atoms with Gasteiger partial charge in [-0.25, -0.2) is 9.59 Å². The van der Waals surface area contributed by atoms with Crippen LogP contribution in [0, 0.1) is 5.92 Å². The van der Waals surface area contributed by atoms with Crippen molar-refractivity contribution in [3.63, 3.8) is 0 Å². The number of aliphatic carboxylic acids is 1. The number of hydrogen-bond acceptors (Lipinski definition) is 5. The summed E-state index contributed by atoms with van der Waals surface area (Å²) in [6, 6.07) is 16.4. The number of carboxylic acid groups (broad SMARTS) is 1. The summed E-state index contributed by atoms with van der Waals surface area (Å²) in [4.78, 5) is 37.9. The maximum absolute atomic E-state index is 13.3. The molecule has 2 aromatic carbocycles. The molecule has 2 N–H and O–H groups in total. The van der Waals surface area contributed by atoms with E-state index in [2.05, 4.69) is 29.6 Å². The van der Waals surface area contributed by atoms with Crippen LogP contribution >= 0.6 is 0 Å². The number of carboxylic acids is 1. The fraction of sp³-hybridized carbons (Fsp3) is 0.500. The number of rotatable bonds is 10. The molecule has 2 amide bonds. The lowest BCUT2D eigenvalue weighted by molar-refractivity contribution is -0.137. The van der Waals surface area contributed by atoms with E-state index >= 15 is 0 Å². The summed E-state index contributed by atoms with van der Waals surface area (Å²) in [7, 11) is 0. The molecular weight excluding hydrogens is 484 g/mol. The Hall–Kier alpha value is -3.55. The van der Waals surface area contributed by atoms with Crippen molar-refractivity contribution in [2.24, 2.45) is 5.92 Å². The number of alkyl carbamates (subject to hydrolysis) is 1. The Kier molecular flexibility index (Phi) is 8.59. The van der Waals surface area contributed by atoms with Gasteiger partial charge in [-0.1, -0.05) is 48.5 Å². The fourth-order valence-corrected chi connectivity index (χ4v) is 5.38. The lowest BCUT2D eigenvalue weighted by Gasteiger charge is -2.42. The highest BCUT2D eigenvalue weighted by atomic mass is 16.6. The molecule has 0 atom stereocenters. The summed E-state index contributed by atoms with van der Waals surface area (Å²) in [5, 5.41) is 11.9. The van der Waals surface area contributed by atoms with E-state index in [-0.39, 0.29) is 25.0 Å². The van der Waals surface area contributed by atoms with Gasteiger partial charge in [0.1, 0.15) is 12.2 Å². The zero-order chi connectivity index (χ0) is 27.3. The maximum Gasteiger partial charge on any atom is 0.410 e. The van der Waals surface area contributed by atoms with Crippen molar-refractivity contribution in [3.05, 3.63) is 59.7 Å². The van der Waals surface area contributed by atoms with Gasteiger partial charge in [0.05, 0.1) is 0 Å². The topological polar surface area (TPSA) is 105 Å². The zero-order valence-electron chi connectivity index (χ0n) is 22.4. The first kappa shape index (κ1) is 27.5. The van der Waals surface area contributed by atoms with E-state index in [1.165, 1.54) is 11.1 Å². The standard InChI is InChI=1S/C30H38N2O6/c1-30(2,3)38-28(35)31-15-14-20-17-21(18-20)32(16-8-13-27(33)34)29(36)37-19-26-24-11-6-4-9-22(24)23-10-5-7-12-25(23)26/h4-7,9-12,20-21,26H,8,13-19H2,1-3H3,(H,31,35)(H,33,34). The van der Waals surface area contributed by atoms with Crippen molar-refractivity contribution in [2.75, 3.05) is 19.7 Å². The third kappa shape index (κ3) is 6.85. The van der Waals surface area contributed by atoms with Crippen molar-refractivity contribution in [1.29, 1.82) is 0 Å². The Labute approximate surface area is 224 Å². The van der Waals surface area contributed by atoms with Crippen molar-refractivity contribution in [3.8, 4) is 11.1 Å². The molecule has 1 fully saturated rings. The zero-order valence-corrected chi connectivity index (χ0v) is 22.4. The van der Waals surface area contributed by atoms with Gasteiger partial charge in [-0.2, -0.15) is 0 Å². The normalized spacial score (nSPS) is 18.1. The van der Waals surface area contributed by atoms with E-state index in [0.29, 0.717) is 25.4 Å². The second-order valence-corrected chi connectivity index (χ2v) is 11.2. The minimum Gasteiger partial charge on any atom is -0.481 e. The van der Waals surface area contributed by atoms with Crippen molar-refractivity contribution in [2.45, 2.75) is 70.4 Å². The highest BCUT2D eigenvalue weighted by Gasteiger charge is 2.37. The highest BCUT2D eigenvalue weighted by Crippen LogP contribution is 2.44. The summed E-state index contributed by atoms with van der Waals surface area (Å²) < 4.78 is 11.1.